The van der Waals surface area contributed by atoms with E-state index in [1.54, 1.807) is 33.5 Å². The standard InChI is InChI=1S/C26H35NO7.C2H2O4/c1-5-33-25(29)26(19-9-7-6-8-10-19)11-13-27(14-12-26)17-20(28)18-34-21-15-22(30-2)24(32-4)23(16-21)31-3;3-1(4)2(5)6/h6-10,15-16,20,28H,5,11-14,17-18H2,1-4H3;(H,3,4)(H,5,6). The van der Waals surface area contributed by atoms with E-state index in [9.17, 15) is 9.90 Å². The average molecular weight is 564 g/mol. The summed E-state index contributed by atoms with van der Waals surface area (Å²) in [6.07, 6.45) is 0.679. The number of benzene rings is 2. The molecule has 220 valence electrons. The van der Waals surface area contributed by atoms with E-state index in [4.69, 9.17) is 43.5 Å². The van der Waals surface area contributed by atoms with Crippen LogP contribution in [0, 0.1) is 0 Å². The maximum atomic E-state index is 12.9. The van der Waals surface area contributed by atoms with Crippen molar-refractivity contribution in [3.05, 3.63) is 48.0 Å². The Hall–Kier alpha value is -4.03. The molecule has 0 radical (unpaired) electrons. The van der Waals surface area contributed by atoms with Crippen molar-refractivity contribution in [2.24, 2.45) is 0 Å². The molecule has 12 heteroatoms. The quantitative estimate of drug-likeness (QED) is 0.237. The summed E-state index contributed by atoms with van der Waals surface area (Å²) in [6, 6.07) is 13.3. The lowest BCUT2D eigenvalue weighted by molar-refractivity contribution is -0.909. The summed E-state index contributed by atoms with van der Waals surface area (Å²) < 4.78 is 27.3. The fourth-order valence-electron chi connectivity index (χ4n) is 4.60. The summed E-state index contributed by atoms with van der Waals surface area (Å²) in [5.41, 5.74) is 0.372. The number of methoxy groups -OCH3 is 3. The van der Waals surface area contributed by atoms with E-state index >= 15 is 0 Å². The molecule has 1 aliphatic heterocycles. The SMILES string of the molecule is CCOC(=O)C1(c2ccccc2)CC[NH+](CC(O)COc2cc(OC)c(OC)c(OC)c2)CC1.O=C([O-])C(=O)O. The van der Waals surface area contributed by atoms with Crippen molar-refractivity contribution in [3.8, 4) is 23.0 Å². The number of carbonyl (C=O) groups is 3. The Kier molecular flexibility index (Phi) is 12.5. The summed E-state index contributed by atoms with van der Waals surface area (Å²) in [5, 5.41) is 26.9. The second-order valence-corrected chi connectivity index (χ2v) is 9.04. The Balaban J connectivity index is 0.000000840. The molecule has 1 aliphatic rings. The number of aliphatic carboxylic acids is 2. The van der Waals surface area contributed by atoms with Crippen LogP contribution in [0.4, 0.5) is 0 Å². The lowest BCUT2D eigenvalue weighted by atomic mass is 9.72. The highest BCUT2D eigenvalue weighted by molar-refractivity contribution is 6.26. The summed E-state index contributed by atoms with van der Waals surface area (Å²) in [7, 11) is 4.63. The van der Waals surface area contributed by atoms with Crippen molar-refractivity contribution in [3.63, 3.8) is 0 Å². The van der Waals surface area contributed by atoms with E-state index in [1.807, 2.05) is 37.3 Å². The molecule has 3 N–H and O–H groups in total. The van der Waals surface area contributed by atoms with Crippen molar-refractivity contribution in [1.29, 1.82) is 0 Å². The van der Waals surface area contributed by atoms with Gasteiger partial charge >= 0.3 is 11.9 Å². The van der Waals surface area contributed by atoms with Crippen LogP contribution in [0.3, 0.4) is 0 Å². The number of hydrogen-bond donors (Lipinski definition) is 3. The average Bonchev–Trinajstić information content (AvgIpc) is 2.96. The highest BCUT2D eigenvalue weighted by Crippen LogP contribution is 2.40. The third-order valence-electron chi connectivity index (χ3n) is 6.58. The molecule has 1 fully saturated rings. The molecule has 1 unspecified atom stereocenters. The highest BCUT2D eigenvalue weighted by Gasteiger charge is 2.46. The zero-order valence-corrected chi connectivity index (χ0v) is 23.1. The minimum Gasteiger partial charge on any atom is -0.539 e. The largest absolute Gasteiger partial charge is 0.539 e. The van der Waals surface area contributed by atoms with E-state index in [0.29, 0.717) is 49.0 Å². The number of nitrogens with one attached hydrogen (secondary N) is 1. The molecule has 0 aromatic heterocycles. The van der Waals surface area contributed by atoms with Gasteiger partial charge in [0.05, 0.1) is 41.0 Å². The first-order chi connectivity index (χ1) is 19.1. The number of esters is 1. The summed E-state index contributed by atoms with van der Waals surface area (Å²) >= 11 is 0. The number of hydrogen-bond acceptors (Lipinski definition) is 10. The van der Waals surface area contributed by atoms with Gasteiger partial charge in [-0.3, -0.25) is 4.79 Å². The normalized spacial score (nSPS) is 18.8. The molecular weight excluding hydrogens is 526 g/mol. The molecule has 1 heterocycles. The van der Waals surface area contributed by atoms with Gasteiger partial charge in [-0.2, -0.15) is 0 Å². The van der Waals surface area contributed by atoms with Gasteiger partial charge < -0.3 is 48.7 Å². The van der Waals surface area contributed by atoms with Crippen LogP contribution in [-0.4, -0.2) is 88.4 Å². The topological polar surface area (TPSA) is 165 Å². The fraction of sp³-hybridized carbons (Fsp3) is 0.464. The van der Waals surface area contributed by atoms with Crippen LogP contribution in [0.2, 0.25) is 0 Å². The third kappa shape index (κ3) is 8.48. The smallest absolute Gasteiger partial charge is 0.351 e. The molecule has 0 aliphatic carbocycles. The molecule has 2 aromatic carbocycles. The molecule has 0 bridgehead atoms. The summed E-state index contributed by atoms with van der Waals surface area (Å²) in [5.74, 6) is -2.18. The number of ether oxygens (including phenoxy) is 5. The van der Waals surface area contributed by atoms with Gasteiger partial charge in [0.1, 0.15) is 30.4 Å². The Morgan fingerprint density at radius 3 is 2.00 bits per heavy atom. The number of rotatable bonds is 11. The molecule has 0 saturated carbocycles. The van der Waals surface area contributed by atoms with Gasteiger partial charge in [-0.25, -0.2) is 4.79 Å². The Morgan fingerprint density at radius 2 is 1.55 bits per heavy atom. The van der Waals surface area contributed by atoms with E-state index in [0.717, 1.165) is 18.7 Å². The van der Waals surface area contributed by atoms with Gasteiger partial charge in [-0.1, -0.05) is 30.3 Å². The van der Waals surface area contributed by atoms with Crippen LogP contribution < -0.4 is 29.0 Å². The van der Waals surface area contributed by atoms with Crippen LogP contribution in [0.25, 0.3) is 0 Å². The van der Waals surface area contributed by atoms with Gasteiger partial charge in [0, 0.05) is 25.0 Å². The third-order valence-corrected chi connectivity index (χ3v) is 6.58. The fourth-order valence-corrected chi connectivity index (χ4v) is 4.60. The molecule has 1 atom stereocenters. The van der Waals surface area contributed by atoms with E-state index in [2.05, 4.69) is 0 Å². The number of carboxylic acids is 2. The maximum Gasteiger partial charge on any atom is 0.351 e. The minimum atomic E-state index is -2.07. The van der Waals surface area contributed by atoms with E-state index in [-0.39, 0.29) is 12.6 Å². The number of quaternary nitrogens is 1. The van der Waals surface area contributed by atoms with Crippen LogP contribution in [0.1, 0.15) is 25.3 Å². The van der Waals surface area contributed by atoms with Gasteiger partial charge in [0.2, 0.25) is 5.75 Å². The highest BCUT2D eigenvalue weighted by atomic mass is 16.5. The lowest BCUT2D eigenvalue weighted by Crippen LogP contribution is -3.14. The molecule has 0 amide bonds. The zero-order chi connectivity index (χ0) is 29.7. The van der Waals surface area contributed by atoms with Crippen molar-refractivity contribution in [2.75, 3.05) is 54.2 Å². The summed E-state index contributed by atoms with van der Waals surface area (Å²) in [4.78, 5) is 32.2. The molecule has 1 saturated heterocycles. The predicted molar refractivity (Wildman–Crippen MR) is 140 cm³/mol. The van der Waals surface area contributed by atoms with Crippen molar-refractivity contribution in [1.82, 2.24) is 0 Å². The Bertz CT molecular complexity index is 1080. The second-order valence-electron chi connectivity index (χ2n) is 9.04. The second kappa shape index (κ2) is 15.5. The Labute approximate surface area is 233 Å². The first-order valence-electron chi connectivity index (χ1n) is 12.7. The van der Waals surface area contributed by atoms with E-state index in [1.165, 1.54) is 4.90 Å². The predicted octanol–water partition coefficient (Wildman–Crippen LogP) is -0.547. The number of carboxylic acid groups (broad SMARTS) is 2. The van der Waals surface area contributed by atoms with Crippen molar-refractivity contribution < 1.29 is 58.3 Å². The lowest BCUT2D eigenvalue weighted by Gasteiger charge is -2.38. The van der Waals surface area contributed by atoms with Crippen LogP contribution >= 0.6 is 0 Å². The molecule has 12 nitrogen and oxygen atoms in total. The van der Waals surface area contributed by atoms with Crippen LogP contribution in [0.15, 0.2) is 42.5 Å². The molecule has 0 spiro atoms. The van der Waals surface area contributed by atoms with Gasteiger partial charge in [-0.05, 0) is 12.5 Å². The van der Waals surface area contributed by atoms with Crippen LogP contribution in [-0.2, 0) is 24.5 Å². The maximum absolute atomic E-state index is 12.9. The van der Waals surface area contributed by atoms with Gasteiger partial charge in [-0.15, -0.1) is 0 Å². The first-order valence-corrected chi connectivity index (χ1v) is 12.7. The van der Waals surface area contributed by atoms with E-state index < -0.39 is 23.5 Å². The number of likely N-dealkylation sites (tertiary alicyclic amines) is 1. The molecule has 3 rings (SSSR count). The Morgan fingerprint density at radius 1 is 1.00 bits per heavy atom. The minimum absolute atomic E-state index is 0.129. The van der Waals surface area contributed by atoms with Crippen molar-refractivity contribution in [2.45, 2.75) is 31.3 Å². The number of aliphatic hydroxyl groups excluding tert-OH is 1. The van der Waals surface area contributed by atoms with Crippen molar-refractivity contribution >= 4 is 17.9 Å². The van der Waals surface area contributed by atoms with Gasteiger partial charge in [0.15, 0.2) is 17.5 Å². The summed E-state index contributed by atoms with van der Waals surface area (Å²) in [6.45, 7) is 4.37. The zero-order valence-electron chi connectivity index (χ0n) is 23.1. The monoisotopic (exact) mass is 563 g/mol. The molecular formula is C28H37NO11. The van der Waals surface area contributed by atoms with Gasteiger partial charge in [0.25, 0.3) is 0 Å². The first kappa shape index (κ1) is 32.2. The molecule has 40 heavy (non-hydrogen) atoms. The van der Waals surface area contributed by atoms with Crippen LogP contribution in [0.5, 0.6) is 23.0 Å². The molecule has 2 aromatic rings. The number of piperidine rings is 1. The number of carbonyl (C=O) groups excluding carboxylic acids is 2. The number of aliphatic hydroxyl groups is 1.